The minimum atomic E-state index is -4.33. The number of phenolic OH excluding ortho intramolecular Hbond substituents is 1. The number of benzene rings is 2. The fourth-order valence-electron chi connectivity index (χ4n) is 5.29. The molecule has 2 aromatic carbocycles. The first-order valence-corrected chi connectivity index (χ1v) is 15.3. The van der Waals surface area contributed by atoms with Crippen molar-refractivity contribution >= 4 is 16.1 Å². The first-order valence-electron chi connectivity index (χ1n) is 13.9. The molecular weight excluding hydrogens is 594 g/mol. The van der Waals surface area contributed by atoms with Crippen molar-refractivity contribution in [1.82, 2.24) is 9.62 Å². The molecule has 0 bridgehead atoms. The molecule has 2 saturated heterocycles. The van der Waals surface area contributed by atoms with Gasteiger partial charge in [-0.3, -0.25) is 0 Å². The highest BCUT2D eigenvalue weighted by Gasteiger charge is 2.45. The fourth-order valence-corrected chi connectivity index (χ4v) is 6.93. The molecule has 0 aromatic heterocycles. The molecule has 5 atom stereocenters. The monoisotopic (exact) mass is 628 g/mol. The molecule has 15 heteroatoms. The highest BCUT2D eigenvalue weighted by molar-refractivity contribution is 7.89. The van der Waals surface area contributed by atoms with E-state index >= 15 is 0 Å². The van der Waals surface area contributed by atoms with Crippen molar-refractivity contribution in [2.24, 2.45) is 11.8 Å². The number of nitrogens with zero attached hydrogens (tertiary/aromatic N) is 1. The summed E-state index contributed by atoms with van der Waals surface area (Å²) in [5, 5.41) is 23.7. The van der Waals surface area contributed by atoms with Crippen LogP contribution < -0.4 is 14.8 Å². The number of phenols is 1. The first-order chi connectivity index (χ1) is 20.3. The fraction of sp³-hybridized carbons (Fsp3) is 0.536. The molecule has 43 heavy (non-hydrogen) atoms. The number of amides is 1. The van der Waals surface area contributed by atoms with E-state index in [-0.39, 0.29) is 47.8 Å². The number of hydrogen-bond acceptors (Lipinski definition) is 10. The molecule has 0 aliphatic carbocycles. The third kappa shape index (κ3) is 7.29. The lowest BCUT2D eigenvalue weighted by Gasteiger charge is -2.31. The maximum atomic E-state index is 13.7. The SMILES string of the molecule is CC(C)CN(CC(O)C(Cc1ccc(O)cc1)NC(=O)OC1COC2OCCC12)S(=O)(=O)c1ccc2c(c1)OC(F)(F)O2. The highest BCUT2D eigenvalue weighted by Crippen LogP contribution is 2.42. The molecule has 0 spiro atoms. The number of rotatable bonds is 11. The summed E-state index contributed by atoms with van der Waals surface area (Å²) in [7, 11) is -4.33. The number of aliphatic hydroxyl groups excluding tert-OH is 1. The Morgan fingerprint density at radius 3 is 2.56 bits per heavy atom. The summed E-state index contributed by atoms with van der Waals surface area (Å²) < 4.78 is 80.9. The molecule has 3 heterocycles. The van der Waals surface area contributed by atoms with Gasteiger partial charge in [-0.25, -0.2) is 13.2 Å². The summed E-state index contributed by atoms with van der Waals surface area (Å²) in [6.07, 6.45) is -6.42. The van der Waals surface area contributed by atoms with Gasteiger partial charge in [0.15, 0.2) is 17.8 Å². The first kappa shape index (κ1) is 31.2. The van der Waals surface area contributed by atoms with Gasteiger partial charge in [0.05, 0.1) is 36.2 Å². The molecular formula is C28H34F2N2O10S. The number of nitrogens with one attached hydrogen (secondary N) is 1. The van der Waals surface area contributed by atoms with Crippen molar-refractivity contribution in [3.63, 3.8) is 0 Å². The summed E-state index contributed by atoms with van der Waals surface area (Å²) in [6.45, 7) is 3.74. The topological polar surface area (TPSA) is 153 Å². The molecule has 5 unspecified atom stereocenters. The highest BCUT2D eigenvalue weighted by atomic mass is 32.2. The summed E-state index contributed by atoms with van der Waals surface area (Å²) in [5.41, 5.74) is 0.644. The molecule has 0 saturated carbocycles. The van der Waals surface area contributed by atoms with Crippen molar-refractivity contribution in [1.29, 1.82) is 0 Å². The summed E-state index contributed by atoms with van der Waals surface area (Å²) in [5.74, 6) is -1.01. The number of fused-ring (bicyclic) bond motifs is 2. The van der Waals surface area contributed by atoms with Crippen LogP contribution in [0.15, 0.2) is 47.4 Å². The predicted molar refractivity (Wildman–Crippen MR) is 145 cm³/mol. The molecule has 0 radical (unpaired) electrons. The van der Waals surface area contributed by atoms with Crippen LogP contribution >= 0.6 is 0 Å². The van der Waals surface area contributed by atoms with Crippen LogP contribution in [0.3, 0.4) is 0 Å². The zero-order chi connectivity index (χ0) is 30.9. The largest absolute Gasteiger partial charge is 0.586 e. The summed E-state index contributed by atoms with van der Waals surface area (Å²) in [4.78, 5) is 12.7. The van der Waals surface area contributed by atoms with Crippen LogP contribution in [0.1, 0.15) is 25.8 Å². The minimum absolute atomic E-state index is 0.0249. The van der Waals surface area contributed by atoms with Gasteiger partial charge in [-0.1, -0.05) is 26.0 Å². The molecule has 5 rings (SSSR count). The van der Waals surface area contributed by atoms with Crippen LogP contribution in [0.25, 0.3) is 0 Å². The third-order valence-corrected chi connectivity index (χ3v) is 9.20. The minimum Gasteiger partial charge on any atom is -0.508 e. The smallest absolute Gasteiger partial charge is 0.508 e. The Labute approximate surface area is 247 Å². The quantitative estimate of drug-likeness (QED) is 0.339. The number of alkyl halides is 2. The molecule has 2 aromatic rings. The van der Waals surface area contributed by atoms with E-state index in [9.17, 15) is 32.2 Å². The number of alkyl carbamates (subject to hydrolysis) is 1. The molecule has 12 nitrogen and oxygen atoms in total. The number of halogens is 2. The predicted octanol–water partition coefficient (Wildman–Crippen LogP) is 2.82. The van der Waals surface area contributed by atoms with E-state index in [0.717, 1.165) is 22.5 Å². The molecule has 3 aliphatic heterocycles. The van der Waals surface area contributed by atoms with Crippen molar-refractivity contribution < 1.29 is 55.9 Å². The Morgan fingerprint density at radius 1 is 1.12 bits per heavy atom. The Hall–Kier alpha value is -3.24. The van der Waals surface area contributed by atoms with E-state index < -0.39 is 59.2 Å². The molecule has 1 amide bonds. The van der Waals surface area contributed by atoms with Gasteiger partial charge in [-0.2, -0.15) is 4.31 Å². The van der Waals surface area contributed by atoms with Crippen LogP contribution in [0, 0.1) is 11.8 Å². The summed E-state index contributed by atoms with van der Waals surface area (Å²) >= 11 is 0. The Morgan fingerprint density at radius 2 is 1.84 bits per heavy atom. The van der Waals surface area contributed by atoms with Crippen LogP contribution in [0.4, 0.5) is 13.6 Å². The van der Waals surface area contributed by atoms with Crippen molar-refractivity contribution in [2.75, 3.05) is 26.3 Å². The second-order valence-electron chi connectivity index (χ2n) is 11.1. The Bertz CT molecular complexity index is 1410. The molecule has 3 N–H and O–H groups in total. The number of sulfonamides is 1. The van der Waals surface area contributed by atoms with E-state index in [0.29, 0.717) is 18.6 Å². The second kappa shape index (κ2) is 12.4. The van der Waals surface area contributed by atoms with Crippen LogP contribution in [0.2, 0.25) is 0 Å². The number of hydrogen-bond donors (Lipinski definition) is 3. The third-order valence-electron chi connectivity index (χ3n) is 7.37. The number of aromatic hydroxyl groups is 1. The summed E-state index contributed by atoms with van der Waals surface area (Å²) in [6, 6.07) is 8.24. The van der Waals surface area contributed by atoms with Crippen molar-refractivity contribution in [3.05, 3.63) is 48.0 Å². The lowest BCUT2D eigenvalue weighted by molar-refractivity contribution is -0.286. The average Bonchev–Trinajstić information content (AvgIpc) is 3.62. The van der Waals surface area contributed by atoms with E-state index in [2.05, 4.69) is 14.8 Å². The zero-order valence-corrected chi connectivity index (χ0v) is 24.3. The van der Waals surface area contributed by atoms with Gasteiger partial charge < -0.3 is 39.2 Å². The number of ether oxygens (including phenoxy) is 5. The zero-order valence-electron chi connectivity index (χ0n) is 23.5. The standard InChI is InChI=1S/C28H34F2N2O10S/c1-16(2)13-32(43(36,37)19-7-8-23-24(12-19)42-28(29,30)41-23)14-22(34)21(11-17-3-5-18(33)6-4-17)31-27(35)40-25-15-39-26-20(25)9-10-38-26/h3-8,12,16,20-22,25-26,33-34H,9-11,13-15H2,1-2H3,(H,31,35). The maximum Gasteiger partial charge on any atom is 0.586 e. The maximum absolute atomic E-state index is 13.7. The van der Waals surface area contributed by atoms with Crippen LogP contribution in [-0.4, -0.2) is 86.2 Å². The second-order valence-corrected chi connectivity index (χ2v) is 13.1. The van der Waals surface area contributed by atoms with Crippen molar-refractivity contribution in [2.45, 2.75) is 62.4 Å². The van der Waals surface area contributed by atoms with Gasteiger partial charge in [0.2, 0.25) is 10.0 Å². The number of carbonyl (C=O) groups excluding carboxylic acids is 1. The lowest BCUT2D eigenvalue weighted by atomic mass is 10.0. The van der Waals surface area contributed by atoms with Gasteiger partial charge in [0.25, 0.3) is 0 Å². The van der Waals surface area contributed by atoms with E-state index in [4.69, 9.17) is 14.2 Å². The average molecular weight is 629 g/mol. The lowest BCUT2D eigenvalue weighted by Crippen LogP contribution is -2.51. The normalized spacial score (nSPS) is 23.7. The number of aliphatic hydroxyl groups is 1. The van der Waals surface area contributed by atoms with Gasteiger partial charge in [0, 0.05) is 19.2 Å². The van der Waals surface area contributed by atoms with Crippen LogP contribution in [-0.2, 0) is 30.7 Å². The molecule has 236 valence electrons. The van der Waals surface area contributed by atoms with Gasteiger partial charge in [-0.05, 0) is 48.6 Å². The number of carbonyl (C=O) groups is 1. The Balaban J connectivity index is 1.35. The molecule has 3 aliphatic rings. The van der Waals surface area contributed by atoms with Gasteiger partial charge in [0.1, 0.15) is 11.9 Å². The van der Waals surface area contributed by atoms with E-state index in [1.165, 1.54) is 12.1 Å². The van der Waals surface area contributed by atoms with E-state index in [1.807, 2.05) is 0 Å². The van der Waals surface area contributed by atoms with E-state index in [1.54, 1.807) is 26.0 Å². The van der Waals surface area contributed by atoms with Crippen molar-refractivity contribution in [3.8, 4) is 17.2 Å². The Kier molecular flexibility index (Phi) is 9.00. The van der Waals surface area contributed by atoms with Gasteiger partial charge >= 0.3 is 12.4 Å². The van der Waals surface area contributed by atoms with Gasteiger partial charge in [-0.15, -0.1) is 8.78 Å². The van der Waals surface area contributed by atoms with Crippen LogP contribution in [0.5, 0.6) is 17.2 Å². The molecule has 2 fully saturated rings.